The summed E-state index contributed by atoms with van der Waals surface area (Å²) >= 11 is 16.3. The van der Waals surface area contributed by atoms with Gasteiger partial charge in [-0.05, 0) is 18.1 Å². The van der Waals surface area contributed by atoms with Gasteiger partial charge in [0.25, 0.3) is 0 Å². The van der Waals surface area contributed by atoms with E-state index in [1.807, 2.05) is 35.7 Å². The van der Waals surface area contributed by atoms with Crippen LogP contribution in [-0.4, -0.2) is 22.0 Å². The highest BCUT2D eigenvalue weighted by atomic mass is 35.5. The topological polar surface area (TPSA) is 26.0 Å². The van der Waals surface area contributed by atoms with Crippen molar-refractivity contribution >= 4 is 46.7 Å². The maximum Gasteiger partial charge on any atom is 0.0640 e. The van der Waals surface area contributed by atoms with E-state index in [-0.39, 0.29) is 6.04 Å². The Kier molecular flexibility index (Phi) is 5.58. The molecule has 3 atom stereocenters. The van der Waals surface area contributed by atoms with E-state index in [0.717, 1.165) is 17.7 Å². The molecule has 3 unspecified atom stereocenters. The highest BCUT2D eigenvalue weighted by Crippen LogP contribution is 2.41. The molecule has 2 N–H and O–H groups in total. The Labute approximate surface area is 127 Å². The van der Waals surface area contributed by atoms with Gasteiger partial charge in [0.2, 0.25) is 0 Å². The molecule has 1 aromatic carbocycles. The first-order chi connectivity index (χ1) is 8.65. The third kappa shape index (κ3) is 3.13. The van der Waals surface area contributed by atoms with Crippen LogP contribution >= 0.6 is 46.7 Å². The SMILES string of the molecule is CCC1SCCSC1C(N)c1cccc(Cl)c1Cl. The molecule has 0 bridgehead atoms. The van der Waals surface area contributed by atoms with E-state index < -0.39 is 0 Å². The van der Waals surface area contributed by atoms with E-state index in [2.05, 4.69) is 6.92 Å². The molecule has 0 aromatic heterocycles. The van der Waals surface area contributed by atoms with E-state index in [1.54, 1.807) is 6.07 Å². The van der Waals surface area contributed by atoms with Crippen molar-refractivity contribution in [1.29, 1.82) is 0 Å². The molecule has 1 aliphatic heterocycles. The van der Waals surface area contributed by atoms with Gasteiger partial charge in [0.05, 0.1) is 10.0 Å². The second-order valence-corrected chi connectivity index (χ2v) is 7.74. The zero-order valence-electron chi connectivity index (χ0n) is 10.2. The van der Waals surface area contributed by atoms with Crippen molar-refractivity contribution in [3.8, 4) is 0 Å². The van der Waals surface area contributed by atoms with Gasteiger partial charge < -0.3 is 5.73 Å². The molecule has 1 aliphatic rings. The Balaban J connectivity index is 2.23. The summed E-state index contributed by atoms with van der Waals surface area (Å²) in [6.45, 7) is 2.23. The average Bonchev–Trinajstić information content (AvgIpc) is 2.41. The lowest BCUT2D eigenvalue weighted by molar-refractivity contribution is 0.630. The minimum Gasteiger partial charge on any atom is -0.323 e. The van der Waals surface area contributed by atoms with Gasteiger partial charge >= 0.3 is 0 Å². The molecule has 1 saturated heterocycles. The van der Waals surface area contributed by atoms with E-state index >= 15 is 0 Å². The summed E-state index contributed by atoms with van der Waals surface area (Å²) in [6.07, 6.45) is 1.15. The lowest BCUT2D eigenvalue weighted by Crippen LogP contribution is -2.35. The van der Waals surface area contributed by atoms with Gasteiger partial charge in [-0.2, -0.15) is 23.5 Å². The zero-order valence-corrected chi connectivity index (χ0v) is 13.4. The maximum absolute atomic E-state index is 6.43. The van der Waals surface area contributed by atoms with Crippen LogP contribution in [0, 0.1) is 0 Å². The third-order valence-electron chi connectivity index (χ3n) is 3.19. The Morgan fingerprint density at radius 3 is 2.78 bits per heavy atom. The van der Waals surface area contributed by atoms with Crippen molar-refractivity contribution in [3.63, 3.8) is 0 Å². The van der Waals surface area contributed by atoms with E-state index in [9.17, 15) is 0 Å². The standard InChI is InChI=1S/C13H17Cl2NS2/c1-2-10-13(18-7-6-17-10)12(16)8-4-3-5-9(14)11(8)15/h3-5,10,12-13H,2,6-7,16H2,1H3. The van der Waals surface area contributed by atoms with Crippen LogP contribution in [-0.2, 0) is 0 Å². The molecule has 18 heavy (non-hydrogen) atoms. The molecule has 0 spiro atoms. The number of rotatable bonds is 3. The van der Waals surface area contributed by atoms with Crippen LogP contribution in [0.25, 0.3) is 0 Å². The Morgan fingerprint density at radius 2 is 2.06 bits per heavy atom. The number of benzene rings is 1. The first-order valence-electron chi connectivity index (χ1n) is 6.07. The van der Waals surface area contributed by atoms with Gasteiger partial charge in [-0.15, -0.1) is 0 Å². The fraction of sp³-hybridized carbons (Fsp3) is 0.538. The van der Waals surface area contributed by atoms with E-state index in [0.29, 0.717) is 20.5 Å². The van der Waals surface area contributed by atoms with Gasteiger partial charge in [-0.1, -0.05) is 42.3 Å². The van der Waals surface area contributed by atoms with Gasteiger partial charge in [-0.3, -0.25) is 0 Å². The third-order valence-corrected chi connectivity index (χ3v) is 7.39. The smallest absolute Gasteiger partial charge is 0.0640 e. The second kappa shape index (κ2) is 6.76. The van der Waals surface area contributed by atoms with Crippen LogP contribution in [0.3, 0.4) is 0 Å². The molecule has 0 radical (unpaired) electrons. The summed E-state index contributed by atoms with van der Waals surface area (Å²) in [6, 6.07) is 5.68. The predicted molar refractivity (Wildman–Crippen MR) is 86.2 cm³/mol. The average molecular weight is 322 g/mol. The van der Waals surface area contributed by atoms with E-state index in [1.165, 1.54) is 5.75 Å². The molecule has 0 amide bonds. The molecule has 5 heteroatoms. The molecule has 0 aliphatic carbocycles. The largest absolute Gasteiger partial charge is 0.323 e. The molecule has 2 rings (SSSR count). The van der Waals surface area contributed by atoms with Crippen molar-refractivity contribution in [2.75, 3.05) is 11.5 Å². The van der Waals surface area contributed by atoms with Crippen LogP contribution in [0.15, 0.2) is 18.2 Å². The highest BCUT2D eigenvalue weighted by Gasteiger charge is 2.31. The molecule has 100 valence electrons. The molecule has 0 saturated carbocycles. The minimum absolute atomic E-state index is 0.0426. The summed E-state index contributed by atoms with van der Waals surface area (Å²) < 4.78 is 0. The van der Waals surface area contributed by atoms with Gasteiger partial charge in [0.15, 0.2) is 0 Å². The number of halogens is 2. The Morgan fingerprint density at radius 1 is 1.33 bits per heavy atom. The summed E-state index contributed by atoms with van der Waals surface area (Å²) in [5.41, 5.74) is 7.40. The molecule has 1 aromatic rings. The second-order valence-electron chi connectivity index (χ2n) is 4.32. The molecular weight excluding hydrogens is 305 g/mol. The van der Waals surface area contributed by atoms with Gasteiger partial charge in [-0.25, -0.2) is 0 Å². The van der Waals surface area contributed by atoms with Crippen molar-refractivity contribution in [2.45, 2.75) is 29.9 Å². The normalized spacial score (nSPS) is 26.0. The number of hydrogen-bond donors (Lipinski definition) is 1. The first kappa shape index (κ1) is 14.9. The van der Waals surface area contributed by atoms with Crippen molar-refractivity contribution < 1.29 is 0 Å². The van der Waals surface area contributed by atoms with Crippen LogP contribution < -0.4 is 5.73 Å². The first-order valence-corrected chi connectivity index (χ1v) is 8.93. The van der Waals surface area contributed by atoms with Crippen LogP contribution in [0.5, 0.6) is 0 Å². The molecule has 1 nitrogen and oxygen atoms in total. The summed E-state index contributed by atoms with van der Waals surface area (Å²) in [4.78, 5) is 0. The highest BCUT2D eigenvalue weighted by molar-refractivity contribution is 8.07. The minimum atomic E-state index is -0.0426. The van der Waals surface area contributed by atoms with Crippen LogP contribution in [0.4, 0.5) is 0 Å². The molecular formula is C13H17Cl2NS2. The number of hydrogen-bond acceptors (Lipinski definition) is 3. The monoisotopic (exact) mass is 321 g/mol. The molecule has 1 heterocycles. The molecule has 1 fully saturated rings. The zero-order chi connectivity index (χ0) is 13.1. The maximum atomic E-state index is 6.43. The van der Waals surface area contributed by atoms with Gasteiger partial charge in [0.1, 0.15) is 0 Å². The van der Waals surface area contributed by atoms with Gasteiger partial charge in [0, 0.05) is 28.0 Å². The summed E-state index contributed by atoms with van der Waals surface area (Å²) in [5.74, 6) is 2.38. The number of nitrogens with two attached hydrogens (primary N) is 1. The predicted octanol–water partition coefficient (Wildman–Crippen LogP) is 4.62. The fourth-order valence-corrected chi connectivity index (χ4v) is 5.83. The van der Waals surface area contributed by atoms with Crippen molar-refractivity contribution in [2.24, 2.45) is 5.73 Å². The summed E-state index contributed by atoms with van der Waals surface area (Å²) in [5, 5.41) is 2.22. The Bertz CT molecular complexity index is 414. The number of thioether (sulfide) groups is 2. The lowest BCUT2D eigenvalue weighted by Gasteiger charge is -2.34. The Hall–Kier alpha value is 0.460. The quantitative estimate of drug-likeness (QED) is 0.879. The van der Waals surface area contributed by atoms with Crippen LogP contribution in [0.2, 0.25) is 10.0 Å². The summed E-state index contributed by atoms with van der Waals surface area (Å²) in [7, 11) is 0. The van der Waals surface area contributed by atoms with Crippen molar-refractivity contribution in [3.05, 3.63) is 33.8 Å². The van der Waals surface area contributed by atoms with Crippen LogP contribution in [0.1, 0.15) is 24.9 Å². The lowest BCUT2D eigenvalue weighted by atomic mass is 10.0. The van der Waals surface area contributed by atoms with Crippen molar-refractivity contribution in [1.82, 2.24) is 0 Å². The van der Waals surface area contributed by atoms with E-state index in [4.69, 9.17) is 28.9 Å². The fourth-order valence-electron chi connectivity index (χ4n) is 2.23.